The third kappa shape index (κ3) is 6.20. The summed E-state index contributed by atoms with van der Waals surface area (Å²) in [7, 11) is 0. The fourth-order valence-electron chi connectivity index (χ4n) is 3.97. The van der Waals surface area contributed by atoms with Crippen molar-refractivity contribution in [3.63, 3.8) is 0 Å². The summed E-state index contributed by atoms with van der Waals surface area (Å²) in [6.07, 6.45) is 5.06. The van der Waals surface area contributed by atoms with Gasteiger partial charge in [-0.3, -0.25) is 4.79 Å². The van der Waals surface area contributed by atoms with Crippen molar-refractivity contribution in [2.45, 2.75) is 62.9 Å². The van der Waals surface area contributed by atoms with Crippen LogP contribution in [0.25, 0.3) is 0 Å². The van der Waals surface area contributed by atoms with Gasteiger partial charge in [0.2, 0.25) is 5.91 Å². The zero-order chi connectivity index (χ0) is 21.5. The molecule has 2 bridgehead atoms. The number of nitrogens with one attached hydrogen (secondary N) is 1. The molecule has 2 aromatic carbocycles. The normalized spacial score (nSPS) is 15.5. The minimum absolute atomic E-state index is 0.141. The van der Waals surface area contributed by atoms with Crippen molar-refractivity contribution >= 4 is 17.7 Å². The molecule has 1 aliphatic heterocycles. The number of carbonyl (C=O) groups excluding carboxylic acids is 1. The first-order chi connectivity index (χ1) is 15.2. The van der Waals surface area contributed by atoms with E-state index in [-0.39, 0.29) is 5.91 Å². The van der Waals surface area contributed by atoms with Gasteiger partial charge in [0, 0.05) is 31.7 Å². The first kappa shape index (κ1) is 21.6. The second kappa shape index (κ2) is 10.6. The van der Waals surface area contributed by atoms with Gasteiger partial charge in [-0.05, 0) is 49.3 Å². The van der Waals surface area contributed by atoms with E-state index in [0.29, 0.717) is 13.0 Å². The van der Waals surface area contributed by atoms with E-state index in [0.717, 1.165) is 55.4 Å². The number of thioether (sulfide) groups is 1. The summed E-state index contributed by atoms with van der Waals surface area (Å²) in [6.45, 7) is 3.70. The molecule has 3 aromatic rings. The number of hydrogen-bond donors (Lipinski definition) is 1. The van der Waals surface area contributed by atoms with Crippen molar-refractivity contribution in [2.24, 2.45) is 0 Å². The summed E-state index contributed by atoms with van der Waals surface area (Å²) in [5, 5.41) is 13.1. The van der Waals surface area contributed by atoms with E-state index >= 15 is 0 Å². The average Bonchev–Trinajstić information content (AvgIpc) is 3.15. The van der Waals surface area contributed by atoms with Gasteiger partial charge in [-0.25, -0.2) is 0 Å². The van der Waals surface area contributed by atoms with Crippen molar-refractivity contribution in [3.8, 4) is 0 Å². The molecule has 2 heterocycles. The molecule has 0 fully saturated rings. The second-order valence-electron chi connectivity index (χ2n) is 8.21. The average molecular weight is 435 g/mol. The molecule has 0 aliphatic carbocycles. The van der Waals surface area contributed by atoms with E-state index in [1.807, 2.05) is 0 Å². The Morgan fingerprint density at radius 2 is 1.77 bits per heavy atom. The van der Waals surface area contributed by atoms with Crippen molar-refractivity contribution in [3.05, 3.63) is 76.6 Å². The number of rotatable bonds is 3. The number of hydrogen-bond acceptors (Lipinski definition) is 4. The number of fused-ring (bicyclic) bond motifs is 3. The van der Waals surface area contributed by atoms with Crippen LogP contribution in [0.2, 0.25) is 0 Å². The molecule has 6 heteroatoms. The lowest BCUT2D eigenvalue weighted by Gasteiger charge is -2.11. The molecule has 0 spiro atoms. The first-order valence-corrected chi connectivity index (χ1v) is 12.1. The lowest BCUT2D eigenvalue weighted by molar-refractivity contribution is -0.121. The SMILES string of the molecule is Cc1cccc(CSc2nnc3n2CCc2cccc(c2)CCNC(=O)CCCC3)c1. The molecule has 1 aromatic heterocycles. The number of aryl methyl sites for hydroxylation is 3. The Morgan fingerprint density at radius 1 is 0.968 bits per heavy atom. The number of amides is 1. The molecule has 0 saturated heterocycles. The van der Waals surface area contributed by atoms with Crippen molar-refractivity contribution in [1.29, 1.82) is 0 Å². The summed E-state index contributed by atoms with van der Waals surface area (Å²) >= 11 is 1.75. The van der Waals surface area contributed by atoms with Gasteiger partial charge in [0.1, 0.15) is 5.82 Å². The maximum absolute atomic E-state index is 12.1. The largest absolute Gasteiger partial charge is 0.356 e. The van der Waals surface area contributed by atoms with E-state index in [1.54, 1.807) is 11.8 Å². The van der Waals surface area contributed by atoms with Gasteiger partial charge in [0.05, 0.1) is 0 Å². The highest BCUT2D eigenvalue weighted by Crippen LogP contribution is 2.24. The molecule has 1 aliphatic rings. The van der Waals surface area contributed by atoms with Gasteiger partial charge >= 0.3 is 0 Å². The monoisotopic (exact) mass is 434 g/mol. The highest BCUT2D eigenvalue weighted by molar-refractivity contribution is 7.98. The highest BCUT2D eigenvalue weighted by atomic mass is 32.2. The fraction of sp³-hybridized carbons (Fsp3) is 0.400. The summed E-state index contributed by atoms with van der Waals surface area (Å²) in [6, 6.07) is 17.3. The lowest BCUT2D eigenvalue weighted by Crippen LogP contribution is -2.25. The standard InChI is InChI=1S/C25H30N4OS/c1-19-6-4-9-22(16-19)18-31-25-28-27-23-10-2-3-11-24(30)26-14-12-20-7-5-8-21(17-20)13-15-29(23)25/h4-9,16-17H,2-3,10-15,18H2,1H3,(H,26,30). The van der Waals surface area contributed by atoms with Crippen LogP contribution in [0.15, 0.2) is 53.7 Å². The molecule has 162 valence electrons. The van der Waals surface area contributed by atoms with Crippen LogP contribution in [0.1, 0.15) is 47.3 Å². The molecule has 0 unspecified atom stereocenters. The molecular weight excluding hydrogens is 404 g/mol. The number of nitrogens with zero attached hydrogens (tertiary/aromatic N) is 3. The van der Waals surface area contributed by atoms with Crippen LogP contribution in [-0.4, -0.2) is 27.2 Å². The Hall–Kier alpha value is -2.60. The predicted octanol–water partition coefficient (Wildman–Crippen LogP) is 4.51. The third-order valence-corrected chi connectivity index (χ3v) is 6.69. The van der Waals surface area contributed by atoms with E-state index in [2.05, 4.69) is 75.5 Å². The molecule has 1 N–H and O–H groups in total. The summed E-state index contributed by atoms with van der Waals surface area (Å²) < 4.78 is 2.28. The van der Waals surface area contributed by atoms with Crippen molar-refractivity contribution in [1.82, 2.24) is 20.1 Å². The Morgan fingerprint density at radius 3 is 2.65 bits per heavy atom. The van der Waals surface area contributed by atoms with Crippen LogP contribution in [0.5, 0.6) is 0 Å². The Bertz CT molecular complexity index is 1030. The minimum atomic E-state index is 0.141. The van der Waals surface area contributed by atoms with Crippen LogP contribution in [0.3, 0.4) is 0 Å². The van der Waals surface area contributed by atoms with Gasteiger partial charge in [0.15, 0.2) is 5.16 Å². The molecule has 4 rings (SSSR count). The second-order valence-corrected chi connectivity index (χ2v) is 9.15. The third-order valence-electron chi connectivity index (χ3n) is 5.65. The number of benzene rings is 2. The van der Waals surface area contributed by atoms with Crippen LogP contribution in [-0.2, 0) is 36.4 Å². The highest BCUT2D eigenvalue weighted by Gasteiger charge is 2.14. The van der Waals surface area contributed by atoms with Crippen LogP contribution < -0.4 is 5.32 Å². The van der Waals surface area contributed by atoms with Crippen molar-refractivity contribution < 1.29 is 4.79 Å². The zero-order valence-corrected chi connectivity index (χ0v) is 19.0. The number of carbonyl (C=O) groups is 1. The zero-order valence-electron chi connectivity index (χ0n) is 18.1. The van der Waals surface area contributed by atoms with E-state index in [1.165, 1.54) is 22.3 Å². The van der Waals surface area contributed by atoms with Gasteiger partial charge in [0.25, 0.3) is 0 Å². The molecule has 1 amide bonds. The predicted molar refractivity (Wildman–Crippen MR) is 125 cm³/mol. The van der Waals surface area contributed by atoms with Gasteiger partial charge in [-0.15, -0.1) is 10.2 Å². The summed E-state index contributed by atoms with van der Waals surface area (Å²) in [4.78, 5) is 12.1. The Kier molecular flexibility index (Phi) is 7.41. The summed E-state index contributed by atoms with van der Waals surface area (Å²) in [5.74, 6) is 2.05. The molecule has 5 nitrogen and oxygen atoms in total. The fourth-order valence-corrected chi connectivity index (χ4v) is 4.90. The molecule has 0 saturated carbocycles. The first-order valence-electron chi connectivity index (χ1n) is 11.1. The van der Waals surface area contributed by atoms with Gasteiger partial charge < -0.3 is 9.88 Å². The maximum atomic E-state index is 12.1. The smallest absolute Gasteiger partial charge is 0.220 e. The summed E-state index contributed by atoms with van der Waals surface area (Å²) in [5.41, 5.74) is 5.17. The van der Waals surface area contributed by atoms with Crippen LogP contribution in [0.4, 0.5) is 0 Å². The molecule has 0 atom stereocenters. The Labute approximate surface area is 188 Å². The van der Waals surface area contributed by atoms with Crippen LogP contribution >= 0.6 is 11.8 Å². The number of aromatic nitrogens is 3. The Balaban J connectivity index is 1.53. The molecule has 31 heavy (non-hydrogen) atoms. The maximum Gasteiger partial charge on any atom is 0.220 e. The van der Waals surface area contributed by atoms with Crippen LogP contribution in [0, 0.1) is 6.92 Å². The quantitative estimate of drug-likeness (QED) is 0.617. The van der Waals surface area contributed by atoms with E-state index in [4.69, 9.17) is 0 Å². The van der Waals surface area contributed by atoms with Gasteiger partial charge in [-0.2, -0.15) is 0 Å². The van der Waals surface area contributed by atoms with E-state index < -0.39 is 0 Å². The van der Waals surface area contributed by atoms with Crippen molar-refractivity contribution in [2.75, 3.05) is 6.54 Å². The molecular formula is C25H30N4OS. The van der Waals surface area contributed by atoms with E-state index in [9.17, 15) is 4.79 Å². The molecule has 0 radical (unpaired) electrons. The lowest BCUT2D eigenvalue weighted by atomic mass is 10.1. The van der Waals surface area contributed by atoms with Gasteiger partial charge in [-0.1, -0.05) is 65.9 Å². The minimum Gasteiger partial charge on any atom is -0.356 e. The topological polar surface area (TPSA) is 59.8 Å².